The van der Waals surface area contributed by atoms with Crippen LogP contribution in [0.25, 0.3) is 0 Å². The van der Waals surface area contributed by atoms with Gasteiger partial charge in [-0.1, -0.05) is 32.0 Å². The summed E-state index contributed by atoms with van der Waals surface area (Å²) >= 11 is 0. The summed E-state index contributed by atoms with van der Waals surface area (Å²) in [4.78, 5) is 27.3. The Labute approximate surface area is 170 Å². The highest BCUT2D eigenvalue weighted by molar-refractivity contribution is 6.04. The molecule has 0 aromatic heterocycles. The molecule has 2 atom stereocenters. The van der Waals surface area contributed by atoms with Gasteiger partial charge in [-0.15, -0.1) is 0 Å². The number of nitrogens with zero attached hydrogens (tertiary/aromatic N) is 1. The highest BCUT2D eigenvalue weighted by Crippen LogP contribution is 2.35. The molecule has 0 bridgehead atoms. The Morgan fingerprint density at radius 1 is 1.17 bits per heavy atom. The minimum Gasteiger partial charge on any atom is -0.486 e. The number of hydrogen-bond acceptors (Lipinski definition) is 4. The molecule has 0 radical (unpaired) electrons. The summed E-state index contributed by atoms with van der Waals surface area (Å²) in [6.07, 6.45) is 1.21. The topological polar surface area (TPSA) is 67.9 Å². The van der Waals surface area contributed by atoms with Crippen molar-refractivity contribution >= 4 is 23.2 Å². The maximum atomic E-state index is 12.8. The van der Waals surface area contributed by atoms with Gasteiger partial charge in [-0.2, -0.15) is 0 Å². The van der Waals surface area contributed by atoms with Crippen LogP contribution in [0, 0.1) is 5.92 Å². The van der Waals surface area contributed by atoms with Crippen molar-refractivity contribution in [1.82, 2.24) is 0 Å². The number of ether oxygens (including phenoxy) is 2. The van der Waals surface area contributed by atoms with Crippen LogP contribution in [0.15, 0.2) is 42.5 Å². The molecule has 1 fully saturated rings. The summed E-state index contributed by atoms with van der Waals surface area (Å²) in [5.41, 5.74) is 2.71. The number of hydrogen-bond donors (Lipinski definition) is 1. The number of rotatable bonds is 5. The zero-order valence-corrected chi connectivity index (χ0v) is 16.8. The van der Waals surface area contributed by atoms with E-state index in [2.05, 4.69) is 25.2 Å². The summed E-state index contributed by atoms with van der Waals surface area (Å²) in [5, 5.41) is 2.92. The highest BCUT2D eigenvalue weighted by atomic mass is 16.6. The van der Waals surface area contributed by atoms with Crippen molar-refractivity contribution in [3.63, 3.8) is 0 Å². The molecule has 2 aromatic rings. The fourth-order valence-corrected chi connectivity index (χ4v) is 3.85. The molecule has 1 saturated heterocycles. The van der Waals surface area contributed by atoms with Crippen molar-refractivity contribution in [2.24, 2.45) is 5.92 Å². The molecule has 0 aliphatic carbocycles. The molecule has 6 nitrogen and oxygen atoms in total. The molecule has 2 aliphatic heterocycles. The van der Waals surface area contributed by atoms with E-state index in [1.165, 1.54) is 0 Å². The number of benzene rings is 2. The molecule has 0 saturated carbocycles. The normalized spacial score (nSPS) is 19.2. The van der Waals surface area contributed by atoms with Gasteiger partial charge in [0.1, 0.15) is 13.2 Å². The van der Waals surface area contributed by atoms with Gasteiger partial charge in [0.25, 0.3) is 0 Å². The first-order valence-electron chi connectivity index (χ1n) is 10.2. The molecule has 4 rings (SSSR count). The molecule has 0 unspecified atom stereocenters. The molecule has 2 heterocycles. The maximum absolute atomic E-state index is 12.8. The molecular formula is C23H26N2O4. The monoisotopic (exact) mass is 394 g/mol. The van der Waals surface area contributed by atoms with Crippen LogP contribution in [0.5, 0.6) is 11.5 Å². The average molecular weight is 394 g/mol. The number of nitrogens with one attached hydrogen (secondary N) is 1. The van der Waals surface area contributed by atoms with E-state index in [0.29, 0.717) is 42.9 Å². The van der Waals surface area contributed by atoms with Crippen molar-refractivity contribution in [2.45, 2.75) is 32.6 Å². The fourth-order valence-electron chi connectivity index (χ4n) is 3.85. The van der Waals surface area contributed by atoms with E-state index in [-0.39, 0.29) is 24.2 Å². The average Bonchev–Trinajstić information content (AvgIpc) is 3.14. The number of anilines is 2. The maximum Gasteiger partial charge on any atom is 0.229 e. The Bertz CT molecular complexity index is 927. The number of amides is 2. The predicted octanol–water partition coefficient (Wildman–Crippen LogP) is 3.96. The predicted molar refractivity (Wildman–Crippen MR) is 112 cm³/mol. The second-order valence-electron chi connectivity index (χ2n) is 7.62. The van der Waals surface area contributed by atoms with Crippen LogP contribution in [0.4, 0.5) is 11.4 Å². The molecule has 152 valence electrons. The van der Waals surface area contributed by atoms with Crippen LogP contribution in [0.1, 0.15) is 38.2 Å². The van der Waals surface area contributed by atoms with Gasteiger partial charge >= 0.3 is 0 Å². The smallest absolute Gasteiger partial charge is 0.229 e. The Hall–Kier alpha value is -3.02. The second-order valence-corrected chi connectivity index (χ2v) is 7.62. The number of carbonyl (C=O) groups is 2. The van der Waals surface area contributed by atoms with Crippen LogP contribution in [-0.4, -0.2) is 31.6 Å². The summed E-state index contributed by atoms with van der Waals surface area (Å²) in [6.45, 7) is 5.70. The van der Waals surface area contributed by atoms with Crippen molar-refractivity contribution in [3.05, 3.63) is 48.0 Å². The van der Waals surface area contributed by atoms with Gasteiger partial charge < -0.3 is 19.7 Å². The highest BCUT2D eigenvalue weighted by Gasteiger charge is 2.36. The first-order valence-corrected chi connectivity index (χ1v) is 10.2. The van der Waals surface area contributed by atoms with E-state index in [1.807, 2.05) is 18.2 Å². The van der Waals surface area contributed by atoms with Gasteiger partial charge in [0.15, 0.2) is 11.5 Å². The quantitative estimate of drug-likeness (QED) is 0.833. The van der Waals surface area contributed by atoms with Gasteiger partial charge in [0.05, 0.1) is 5.92 Å². The summed E-state index contributed by atoms with van der Waals surface area (Å²) < 4.78 is 11.1. The lowest BCUT2D eigenvalue weighted by Gasteiger charge is -2.23. The minimum atomic E-state index is -0.388. The van der Waals surface area contributed by atoms with Crippen molar-refractivity contribution in [2.75, 3.05) is 30.0 Å². The number of carbonyl (C=O) groups excluding carboxylic acids is 2. The zero-order valence-electron chi connectivity index (χ0n) is 16.8. The number of para-hydroxylation sites is 1. The van der Waals surface area contributed by atoms with Gasteiger partial charge in [-0.05, 0) is 36.1 Å². The molecule has 29 heavy (non-hydrogen) atoms. The molecule has 6 heteroatoms. The molecule has 2 aromatic carbocycles. The van der Waals surface area contributed by atoms with E-state index in [0.717, 1.165) is 17.7 Å². The van der Waals surface area contributed by atoms with Gasteiger partial charge in [-0.25, -0.2) is 0 Å². The van der Waals surface area contributed by atoms with Crippen molar-refractivity contribution < 1.29 is 19.1 Å². The second kappa shape index (κ2) is 8.15. The fraction of sp³-hybridized carbons (Fsp3) is 0.391. The van der Waals surface area contributed by atoms with Crippen molar-refractivity contribution in [1.29, 1.82) is 0 Å². The minimum absolute atomic E-state index is 0.0110. The summed E-state index contributed by atoms with van der Waals surface area (Å²) in [5.74, 6) is 1.10. The Kier molecular flexibility index (Phi) is 5.43. The van der Waals surface area contributed by atoms with Crippen LogP contribution >= 0.6 is 0 Å². The lowest BCUT2D eigenvalue weighted by Crippen LogP contribution is -2.29. The Morgan fingerprint density at radius 3 is 2.72 bits per heavy atom. The van der Waals surface area contributed by atoms with Gasteiger partial charge in [-0.3, -0.25) is 9.59 Å². The van der Waals surface area contributed by atoms with Crippen LogP contribution in [0.3, 0.4) is 0 Å². The van der Waals surface area contributed by atoms with E-state index in [9.17, 15) is 9.59 Å². The van der Waals surface area contributed by atoms with Crippen molar-refractivity contribution in [3.8, 4) is 11.5 Å². The largest absolute Gasteiger partial charge is 0.486 e. The van der Waals surface area contributed by atoms with E-state index < -0.39 is 0 Å². The van der Waals surface area contributed by atoms with Gasteiger partial charge in [0, 0.05) is 30.4 Å². The molecule has 0 spiro atoms. The van der Waals surface area contributed by atoms with E-state index in [4.69, 9.17) is 9.47 Å². The van der Waals surface area contributed by atoms with Crippen LogP contribution in [0.2, 0.25) is 0 Å². The van der Waals surface area contributed by atoms with Crippen LogP contribution in [-0.2, 0) is 9.59 Å². The lowest BCUT2D eigenvalue weighted by atomic mass is 9.96. The summed E-state index contributed by atoms with van der Waals surface area (Å²) in [7, 11) is 0. The number of fused-ring (bicyclic) bond motifs is 1. The summed E-state index contributed by atoms with van der Waals surface area (Å²) in [6, 6.07) is 13.3. The van der Waals surface area contributed by atoms with E-state index in [1.54, 1.807) is 23.1 Å². The Morgan fingerprint density at radius 2 is 1.93 bits per heavy atom. The van der Waals surface area contributed by atoms with E-state index >= 15 is 0 Å². The Balaban J connectivity index is 1.48. The molecular weight excluding hydrogens is 368 g/mol. The molecule has 2 amide bonds. The third-order valence-electron chi connectivity index (χ3n) is 5.68. The first-order chi connectivity index (χ1) is 14.1. The zero-order chi connectivity index (χ0) is 20.4. The van der Waals surface area contributed by atoms with Crippen LogP contribution < -0.4 is 19.7 Å². The SMILES string of the molecule is CC[C@H](C)c1ccccc1N1C[C@@H](C(=O)Nc2ccc3c(c2)OCCO3)CC1=O. The third-order valence-corrected chi connectivity index (χ3v) is 5.68. The molecule has 2 aliphatic rings. The first kappa shape index (κ1) is 19.3. The standard InChI is InChI=1S/C23H26N2O4/c1-3-15(2)18-6-4-5-7-19(18)25-14-16(12-22(25)26)23(27)24-17-8-9-20-21(13-17)29-11-10-28-20/h4-9,13,15-16H,3,10-12,14H2,1-2H3,(H,24,27)/t15-,16-/m0/s1. The lowest BCUT2D eigenvalue weighted by molar-refractivity contribution is -0.122. The van der Waals surface area contributed by atoms with Gasteiger partial charge in [0.2, 0.25) is 11.8 Å². The molecule has 1 N–H and O–H groups in total. The third kappa shape index (κ3) is 3.92.